The highest BCUT2D eigenvalue weighted by Gasteiger charge is 2.13. The predicted molar refractivity (Wildman–Crippen MR) is 71.9 cm³/mol. The number of carboxylic acid groups (broad SMARTS) is 1. The molecule has 20 heavy (non-hydrogen) atoms. The first kappa shape index (κ1) is 14.0. The Morgan fingerprint density at radius 3 is 2.45 bits per heavy atom. The van der Waals surface area contributed by atoms with Crippen molar-refractivity contribution in [3.63, 3.8) is 0 Å². The van der Waals surface area contributed by atoms with Crippen LogP contribution >= 0.6 is 0 Å². The fourth-order valence-corrected chi connectivity index (χ4v) is 1.89. The van der Waals surface area contributed by atoms with Crippen molar-refractivity contribution in [2.75, 3.05) is 11.9 Å². The van der Waals surface area contributed by atoms with Crippen LogP contribution in [0, 0.1) is 11.6 Å². The molecule has 5 heteroatoms. The zero-order valence-corrected chi connectivity index (χ0v) is 10.8. The smallest absolute Gasteiger partial charge is 0.338 e. The maximum atomic E-state index is 13.6. The van der Waals surface area contributed by atoms with E-state index < -0.39 is 11.8 Å². The average Bonchev–Trinajstić information content (AvgIpc) is 2.40. The van der Waals surface area contributed by atoms with Crippen LogP contribution in [0.2, 0.25) is 0 Å². The fourth-order valence-electron chi connectivity index (χ4n) is 1.89. The minimum absolute atomic E-state index is 0.262. The highest BCUT2D eigenvalue weighted by atomic mass is 19.1. The summed E-state index contributed by atoms with van der Waals surface area (Å²) in [6, 6.07) is 10.1. The molecule has 2 aromatic rings. The molecule has 0 aromatic heterocycles. The molecule has 1 N–H and O–H groups in total. The van der Waals surface area contributed by atoms with Crippen LogP contribution in [0.5, 0.6) is 0 Å². The van der Waals surface area contributed by atoms with E-state index in [-0.39, 0.29) is 17.9 Å². The van der Waals surface area contributed by atoms with Crippen molar-refractivity contribution < 1.29 is 18.7 Å². The van der Waals surface area contributed by atoms with Gasteiger partial charge in [0.05, 0.1) is 5.56 Å². The number of carboxylic acids is 1. The fraction of sp³-hybridized carbons (Fsp3) is 0.133. The first-order valence-corrected chi connectivity index (χ1v) is 5.96. The van der Waals surface area contributed by atoms with Gasteiger partial charge < -0.3 is 10.0 Å². The van der Waals surface area contributed by atoms with Gasteiger partial charge in [0.2, 0.25) is 0 Å². The van der Waals surface area contributed by atoms with Gasteiger partial charge in [-0.2, -0.15) is 0 Å². The molecule has 0 aliphatic heterocycles. The second kappa shape index (κ2) is 5.69. The molecule has 0 unspecified atom stereocenters. The van der Waals surface area contributed by atoms with Crippen LogP contribution in [-0.4, -0.2) is 18.1 Å². The van der Waals surface area contributed by atoms with Crippen LogP contribution in [-0.2, 0) is 6.54 Å². The number of hydrogen-bond donors (Lipinski definition) is 1. The number of carbonyl (C=O) groups is 1. The highest BCUT2D eigenvalue weighted by molar-refractivity contribution is 5.88. The average molecular weight is 277 g/mol. The van der Waals surface area contributed by atoms with Gasteiger partial charge in [-0.3, -0.25) is 0 Å². The summed E-state index contributed by atoms with van der Waals surface area (Å²) in [5.74, 6) is -2.46. The van der Waals surface area contributed by atoms with Crippen molar-refractivity contribution in [1.29, 1.82) is 0 Å². The lowest BCUT2D eigenvalue weighted by molar-refractivity contribution is 0.0692. The SMILES string of the molecule is CN(Cc1ccccc1F)c1ccc(C(=O)O)c(F)c1. The molecule has 0 amide bonds. The normalized spacial score (nSPS) is 10.3. The van der Waals surface area contributed by atoms with Gasteiger partial charge in [-0.25, -0.2) is 13.6 Å². The molecule has 0 aliphatic carbocycles. The van der Waals surface area contributed by atoms with Gasteiger partial charge in [-0.1, -0.05) is 18.2 Å². The van der Waals surface area contributed by atoms with Crippen molar-refractivity contribution in [3.05, 3.63) is 65.2 Å². The molecule has 0 aliphatic rings. The van der Waals surface area contributed by atoms with E-state index in [9.17, 15) is 13.6 Å². The molecule has 0 atom stereocenters. The minimum Gasteiger partial charge on any atom is -0.478 e. The highest BCUT2D eigenvalue weighted by Crippen LogP contribution is 2.20. The van der Waals surface area contributed by atoms with Gasteiger partial charge in [-0.05, 0) is 24.3 Å². The number of halogens is 2. The third-order valence-electron chi connectivity index (χ3n) is 2.99. The molecule has 2 aromatic carbocycles. The van der Waals surface area contributed by atoms with Crippen LogP contribution in [0.25, 0.3) is 0 Å². The summed E-state index contributed by atoms with van der Waals surface area (Å²) in [4.78, 5) is 12.4. The van der Waals surface area contributed by atoms with Crippen LogP contribution in [0.3, 0.4) is 0 Å². The molecule has 0 saturated carbocycles. The van der Waals surface area contributed by atoms with Gasteiger partial charge >= 0.3 is 5.97 Å². The van der Waals surface area contributed by atoms with Crippen LogP contribution in [0.15, 0.2) is 42.5 Å². The van der Waals surface area contributed by atoms with Gasteiger partial charge in [0.15, 0.2) is 0 Å². The Morgan fingerprint density at radius 1 is 1.15 bits per heavy atom. The molecular formula is C15H13F2NO2. The first-order valence-electron chi connectivity index (χ1n) is 5.96. The molecule has 0 radical (unpaired) electrons. The van der Waals surface area contributed by atoms with Crippen molar-refractivity contribution >= 4 is 11.7 Å². The number of anilines is 1. The zero-order valence-electron chi connectivity index (χ0n) is 10.8. The Morgan fingerprint density at radius 2 is 1.85 bits per heavy atom. The monoisotopic (exact) mass is 277 g/mol. The molecular weight excluding hydrogens is 264 g/mol. The number of rotatable bonds is 4. The van der Waals surface area contributed by atoms with Gasteiger partial charge in [0.25, 0.3) is 0 Å². The van der Waals surface area contributed by atoms with Crippen LogP contribution in [0.1, 0.15) is 15.9 Å². The van der Waals surface area contributed by atoms with E-state index in [1.165, 1.54) is 18.2 Å². The van der Waals surface area contributed by atoms with E-state index in [0.29, 0.717) is 11.3 Å². The molecule has 0 bridgehead atoms. The van der Waals surface area contributed by atoms with Crippen LogP contribution < -0.4 is 4.90 Å². The largest absolute Gasteiger partial charge is 0.478 e. The van der Waals surface area contributed by atoms with Crippen molar-refractivity contribution in [3.8, 4) is 0 Å². The van der Waals surface area contributed by atoms with E-state index in [4.69, 9.17) is 5.11 Å². The summed E-state index contributed by atoms with van der Waals surface area (Å²) in [6.45, 7) is 0.262. The molecule has 3 nitrogen and oxygen atoms in total. The summed E-state index contributed by atoms with van der Waals surface area (Å²) in [5.41, 5.74) is 0.585. The molecule has 0 fully saturated rings. The van der Waals surface area contributed by atoms with Crippen molar-refractivity contribution in [1.82, 2.24) is 0 Å². The predicted octanol–water partition coefficient (Wildman–Crippen LogP) is 3.30. The maximum absolute atomic E-state index is 13.6. The van der Waals surface area contributed by atoms with E-state index in [1.54, 1.807) is 30.1 Å². The van der Waals surface area contributed by atoms with E-state index in [0.717, 1.165) is 6.07 Å². The first-order chi connectivity index (χ1) is 9.49. The lowest BCUT2D eigenvalue weighted by Gasteiger charge is -2.20. The van der Waals surface area contributed by atoms with Gasteiger partial charge in [0, 0.05) is 24.8 Å². The molecule has 0 spiro atoms. The number of hydrogen-bond acceptors (Lipinski definition) is 2. The Labute approximate surface area is 115 Å². The summed E-state index contributed by atoms with van der Waals surface area (Å²) in [7, 11) is 1.68. The lowest BCUT2D eigenvalue weighted by atomic mass is 10.1. The Balaban J connectivity index is 2.22. The number of benzene rings is 2. The third-order valence-corrected chi connectivity index (χ3v) is 2.99. The van der Waals surface area contributed by atoms with Gasteiger partial charge in [0.1, 0.15) is 11.6 Å². The third kappa shape index (κ3) is 2.93. The van der Waals surface area contributed by atoms with Crippen LogP contribution in [0.4, 0.5) is 14.5 Å². The number of nitrogens with zero attached hydrogens (tertiary/aromatic N) is 1. The Bertz CT molecular complexity index is 644. The van der Waals surface area contributed by atoms with Gasteiger partial charge in [-0.15, -0.1) is 0 Å². The Kier molecular flexibility index (Phi) is 3.98. The quantitative estimate of drug-likeness (QED) is 0.932. The molecule has 2 rings (SSSR count). The maximum Gasteiger partial charge on any atom is 0.338 e. The second-order valence-electron chi connectivity index (χ2n) is 4.42. The van der Waals surface area contributed by atoms with E-state index in [1.807, 2.05) is 0 Å². The Hall–Kier alpha value is -2.43. The summed E-state index contributed by atoms with van der Waals surface area (Å²) in [6.07, 6.45) is 0. The molecule has 104 valence electrons. The molecule has 0 saturated heterocycles. The standard InChI is InChI=1S/C15H13F2NO2/c1-18(9-10-4-2-3-5-13(10)16)11-6-7-12(15(19)20)14(17)8-11/h2-8H,9H2,1H3,(H,19,20). The summed E-state index contributed by atoms with van der Waals surface area (Å²) < 4.78 is 27.1. The minimum atomic E-state index is -1.31. The second-order valence-corrected chi connectivity index (χ2v) is 4.42. The van der Waals surface area contributed by atoms with E-state index >= 15 is 0 Å². The van der Waals surface area contributed by atoms with Crippen molar-refractivity contribution in [2.24, 2.45) is 0 Å². The number of aromatic carboxylic acids is 1. The zero-order chi connectivity index (χ0) is 14.7. The summed E-state index contributed by atoms with van der Waals surface area (Å²) in [5, 5.41) is 8.76. The van der Waals surface area contributed by atoms with Crippen molar-refractivity contribution in [2.45, 2.75) is 6.54 Å². The van der Waals surface area contributed by atoms with E-state index in [2.05, 4.69) is 0 Å². The lowest BCUT2D eigenvalue weighted by Crippen LogP contribution is -2.17. The molecule has 0 heterocycles. The summed E-state index contributed by atoms with van der Waals surface area (Å²) >= 11 is 0. The topological polar surface area (TPSA) is 40.5 Å².